The molecule has 8 heteroatoms. The highest BCUT2D eigenvalue weighted by Crippen LogP contribution is 2.65. The Morgan fingerprint density at radius 1 is 1.16 bits per heavy atom. The second-order valence-electron chi connectivity index (χ2n) is 11.6. The summed E-state index contributed by atoms with van der Waals surface area (Å²) in [5.74, 6) is 1.30. The summed E-state index contributed by atoms with van der Waals surface area (Å²) >= 11 is 1.63. The number of thiophene rings is 1. The Bertz CT molecular complexity index is 1420. The molecule has 0 unspecified atom stereocenters. The number of rotatable bonds is 4. The van der Waals surface area contributed by atoms with Crippen molar-refractivity contribution in [1.82, 2.24) is 10.2 Å². The fourth-order valence-corrected chi connectivity index (χ4v) is 8.81. The van der Waals surface area contributed by atoms with Crippen molar-refractivity contribution in [2.75, 3.05) is 13.1 Å². The van der Waals surface area contributed by atoms with E-state index < -0.39 is 17.1 Å². The van der Waals surface area contributed by atoms with E-state index in [1.54, 1.807) is 17.4 Å². The number of carbonyl (C=O) groups excluding carboxylic acids is 1. The van der Waals surface area contributed by atoms with E-state index in [0.29, 0.717) is 24.2 Å². The minimum Gasteiger partial charge on any atom is -0.504 e. The molecule has 1 saturated heterocycles. The summed E-state index contributed by atoms with van der Waals surface area (Å²) in [7, 11) is 0. The zero-order valence-electron chi connectivity index (χ0n) is 20.5. The van der Waals surface area contributed by atoms with Crippen molar-refractivity contribution < 1.29 is 19.7 Å². The molecule has 1 spiro atoms. The van der Waals surface area contributed by atoms with E-state index in [0.717, 1.165) is 47.5 Å². The van der Waals surface area contributed by atoms with Gasteiger partial charge in [-0.1, -0.05) is 12.1 Å². The molecule has 3 N–H and O–H groups in total. The van der Waals surface area contributed by atoms with Crippen LogP contribution < -0.4 is 10.1 Å². The SMILES string of the molecule is Cl.O=C(N[C@@H]1CC[C@@]2(O)[C@H]3Cc4ccc(O)c5c4[C@@]2(CCN3CC2CC2)[C@H]1O5)c1ccc2ccsc2c1. The average molecular weight is 539 g/mol. The van der Waals surface area contributed by atoms with Crippen molar-refractivity contribution in [2.45, 2.75) is 67.7 Å². The van der Waals surface area contributed by atoms with E-state index in [2.05, 4.69) is 16.3 Å². The summed E-state index contributed by atoms with van der Waals surface area (Å²) in [5.41, 5.74) is 1.26. The van der Waals surface area contributed by atoms with Crippen LogP contribution in [0.5, 0.6) is 11.5 Å². The average Bonchev–Trinajstić information content (AvgIpc) is 3.42. The highest BCUT2D eigenvalue weighted by Gasteiger charge is 2.73. The van der Waals surface area contributed by atoms with Crippen molar-refractivity contribution >= 4 is 39.7 Å². The van der Waals surface area contributed by atoms with Crippen molar-refractivity contribution in [3.63, 3.8) is 0 Å². The van der Waals surface area contributed by atoms with Gasteiger partial charge in [-0.3, -0.25) is 9.69 Å². The quantitative estimate of drug-likeness (QED) is 0.459. The molecule has 0 radical (unpaired) electrons. The van der Waals surface area contributed by atoms with Gasteiger partial charge in [0.1, 0.15) is 6.10 Å². The molecule has 1 aromatic heterocycles. The molecule has 2 aromatic carbocycles. The lowest BCUT2D eigenvalue weighted by Gasteiger charge is -2.64. The highest BCUT2D eigenvalue weighted by molar-refractivity contribution is 7.17. The van der Waals surface area contributed by atoms with Crippen LogP contribution in [0.1, 0.15) is 53.6 Å². The van der Waals surface area contributed by atoms with Gasteiger partial charge in [-0.25, -0.2) is 0 Å². The third-order valence-electron chi connectivity index (χ3n) is 9.80. The number of piperidine rings is 1. The number of nitrogens with one attached hydrogen (secondary N) is 1. The number of phenols is 1. The molecule has 3 aromatic rings. The van der Waals surface area contributed by atoms with E-state index in [9.17, 15) is 15.0 Å². The summed E-state index contributed by atoms with van der Waals surface area (Å²) in [5, 5.41) is 29.8. The van der Waals surface area contributed by atoms with E-state index >= 15 is 0 Å². The highest BCUT2D eigenvalue weighted by atomic mass is 35.5. The van der Waals surface area contributed by atoms with Gasteiger partial charge >= 0.3 is 0 Å². The molecule has 5 aliphatic rings. The minimum atomic E-state index is -0.937. The Morgan fingerprint density at radius 2 is 2.03 bits per heavy atom. The van der Waals surface area contributed by atoms with Crippen molar-refractivity contribution in [1.29, 1.82) is 0 Å². The first-order valence-corrected chi connectivity index (χ1v) is 14.1. The van der Waals surface area contributed by atoms with Gasteiger partial charge in [0.2, 0.25) is 0 Å². The summed E-state index contributed by atoms with van der Waals surface area (Å²) in [6.45, 7) is 1.97. The lowest BCUT2D eigenvalue weighted by atomic mass is 9.48. The molecule has 194 valence electrons. The fourth-order valence-electron chi connectivity index (χ4n) is 7.98. The Kier molecular flexibility index (Phi) is 5.20. The lowest BCUT2D eigenvalue weighted by Crippen LogP contribution is -2.78. The minimum absolute atomic E-state index is 0. The molecule has 2 aliphatic heterocycles. The summed E-state index contributed by atoms with van der Waals surface area (Å²) < 4.78 is 7.66. The molecule has 8 rings (SSSR count). The zero-order valence-corrected chi connectivity index (χ0v) is 22.1. The number of amides is 1. The van der Waals surface area contributed by atoms with Crippen LogP contribution in [-0.4, -0.2) is 57.9 Å². The van der Waals surface area contributed by atoms with Gasteiger partial charge in [-0.05, 0) is 91.6 Å². The van der Waals surface area contributed by atoms with Crippen LogP contribution in [0.15, 0.2) is 41.8 Å². The van der Waals surface area contributed by atoms with Gasteiger partial charge in [0.15, 0.2) is 11.5 Å². The maximum absolute atomic E-state index is 13.4. The predicted octanol–water partition coefficient (Wildman–Crippen LogP) is 4.39. The summed E-state index contributed by atoms with van der Waals surface area (Å²) in [6.07, 6.45) is 4.99. The molecule has 3 aliphatic carbocycles. The molecule has 37 heavy (non-hydrogen) atoms. The Labute approximate surface area is 226 Å². The van der Waals surface area contributed by atoms with Crippen LogP contribution in [0, 0.1) is 5.92 Å². The molecular formula is C29H31ClN2O4S. The van der Waals surface area contributed by atoms with Gasteiger partial charge in [-0.15, -0.1) is 23.7 Å². The van der Waals surface area contributed by atoms with Gasteiger partial charge in [0.25, 0.3) is 5.91 Å². The van der Waals surface area contributed by atoms with Crippen LogP contribution >= 0.6 is 23.7 Å². The molecule has 2 bridgehead atoms. The third-order valence-corrected chi connectivity index (χ3v) is 10.7. The molecule has 1 amide bonds. The number of hydrogen-bond acceptors (Lipinski definition) is 6. The normalized spacial score (nSPS) is 33.4. The Morgan fingerprint density at radius 3 is 2.86 bits per heavy atom. The Balaban J connectivity index is 0.00000231. The maximum atomic E-state index is 13.4. The van der Waals surface area contributed by atoms with Gasteiger partial charge in [0.05, 0.1) is 17.1 Å². The standard InChI is InChI=1S/C29H30N2O4S.ClH/c32-21-6-5-18-14-23-29(34)9-7-20(30-27(33)19-4-3-17-8-12-36-22(17)13-19)26-28(29,24(18)25(21)35-26)10-11-31(23)15-16-1-2-16;/h3-6,8,12-13,16,20,23,26,32,34H,1-2,7,9-11,14-15H2,(H,30,33);1H/t20-,23-,26+,28+,29-;/m1./s1. The number of aliphatic hydroxyl groups is 1. The summed E-state index contributed by atoms with van der Waals surface area (Å²) in [6, 6.07) is 11.4. The van der Waals surface area contributed by atoms with Crippen molar-refractivity contribution in [3.8, 4) is 11.5 Å². The largest absolute Gasteiger partial charge is 0.504 e. The van der Waals surface area contributed by atoms with Crippen LogP contribution in [0.3, 0.4) is 0 Å². The fraction of sp³-hybridized carbons (Fsp3) is 0.483. The van der Waals surface area contributed by atoms with Crippen LogP contribution in [0.25, 0.3) is 10.1 Å². The number of hydrogen-bond donors (Lipinski definition) is 3. The van der Waals surface area contributed by atoms with E-state index in [-0.39, 0.29) is 36.1 Å². The topological polar surface area (TPSA) is 82.0 Å². The van der Waals surface area contributed by atoms with E-state index in [4.69, 9.17) is 4.74 Å². The van der Waals surface area contributed by atoms with Crippen molar-refractivity contribution in [2.24, 2.45) is 5.92 Å². The number of phenolic OH excluding ortho intramolecular Hbond substituents is 1. The first kappa shape index (κ1) is 23.8. The number of carbonyl (C=O) groups is 1. The second kappa shape index (κ2) is 8.09. The third kappa shape index (κ3) is 3.14. The number of benzene rings is 2. The Hall–Kier alpha value is -2.32. The van der Waals surface area contributed by atoms with Gasteiger partial charge in [0, 0.05) is 28.4 Å². The first-order chi connectivity index (χ1) is 17.5. The lowest BCUT2D eigenvalue weighted by molar-refractivity contribution is -0.191. The monoisotopic (exact) mass is 538 g/mol. The number of nitrogens with zero attached hydrogens (tertiary/aromatic N) is 1. The van der Waals surface area contributed by atoms with Gasteiger partial charge < -0.3 is 20.3 Å². The van der Waals surface area contributed by atoms with Crippen molar-refractivity contribution in [3.05, 3.63) is 58.5 Å². The molecule has 5 atom stereocenters. The number of fused-ring (bicyclic) bond motifs is 1. The number of ether oxygens (including phenoxy) is 1. The molecular weight excluding hydrogens is 508 g/mol. The van der Waals surface area contributed by atoms with Crippen LogP contribution in [0.4, 0.5) is 0 Å². The number of likely N-dealkylation sites (tertiary alicyclic amines) is 1. The number of aromatic hydroxyl groups is 1. The molecule has 3 heterocycles. The van der Waals surface area contributed by atoms with Crippen LogP contribution in [0.2, 0.25) is 0 Å². The number of halogens is 1. The smallest absolute Gasteiger partial charge is 0.251 e. The van der Waals surface area contributed by atoms with E-state index in [1.807, 2.05) is 29.6 Å². The second-order valence-corrected chi connectivity index (χ2v) is 12.5. The van der Waals surface area contributed by atoms with E-state index in [1.165, 1.54) is 18.4 Å². The maximum Gasteiger partial charge on any atom is 0.251 e. The molecule has 6 nitrogen and oxygen atoms in total. The molecule has 3 fully saturated rings. The van der Waals surface area contributed by atoms with Crippen LogP contribution in [-0.2, 0) is 11.8 Å². The predicted molar refractivity (Wildman–Crippen MR) is 145 cm³/mol. The molecule has 2 saturated carbocycles. The zero-order chi connectivity index (χ0) is 24.2. The van der Waals surface area contributed by atoms with Gasteiger partial charge in [-0.2, -0.15) is 0 Å². The first-order valence-electron chi connectivity index (χ1n) is 13.2. The summed E-state index contributed by atoms with van der Waals surface area (Å²) in [4.78, 5) is 15.9.